The highest BCUT2D eigenvalue weighted by Gasteiger charge is 2.27. The molecule has 0 amide bonds. The van der Waals surface area contributed by atoms with Crippen molar-refractivity contribution in [2.24, 2.45) is 17.8 Å². The summed E-state index contributed by atoms with van der Waals surface area (Å²) in [6.07, 6.45) is 10.1. The van der Waals surface area contributed by atoms with Crippen molar-refractivity contribution in [1.82, 2.24) is 5.32 Å². The predicted octanol–water partition coefficient (Wildman–Crippen LogP) is 3.98. The molecule has 2 rings (SSSR count). The van der Waals surface area contributed by atoms with Gasteiger partial charge in [0.15, 0.2) is 0 Å². The van der Waals surface area contributed by atoms with Crippen molar-refractivity contribution >= 4 is 0 Å². The molecule has 1 heteroatoms. The van der Waals surface area contributed by atoms with Crippen LogP contribution in [0.2, 0.25) is 0 Å². The van der Waals surface area contributed by atoms with Gasteiger partial charge in [-0.25, -0.2) is 0 Å². The molecule has 1 N–H and O–H groups in total. The van der Waals surface area contributed by atoms with E-state index in [1.807, 2.05) is 0 Å². The number of hydrogen-bond donors (Lipinski definition) is 1. The lowest BCUT2D eigenvalue weighted by Crippen LogP contribution is -2.40. The van der Waals surface area contributed by atoms with Gasteiger partial charge in [-0.1, -0.05) is 39.5 Å². The van der Waals surface area contributed by atoms with Crippen LogP contribution in [0.5, 0.6) is 0 Å². The molecule has 2 aliphatic carbocycles. The van der Waals surface area contributed by atoms with E-state index in [9.17, 15) is 0 Å². The third-order valence-corrected chi connectivity index (χ3v) is 4.56. The van der Waals surface area contributed by atoms with Gasteiger partial charge in [0.1, 0.15) is 0 Å². The first-order valence-electron chi connectivity index (χ1n) is 7.41. The number of rotatable bonds is 5. The molecule has 0 radical (unpaired) electrons. The zero-order valence-electron chi connectivity index (χ0n) is 11.3. The fourth-order valence-electron chi connectivity index (χ4n) is 3.31. The van der Waals surface area contributed by atoms with Crippen molar-refractivity contribution in [2.75, 3.05) is 0 Å². The molecular weight excluding hydrogens is 194 g/mol. The summed E-state index contributed by atoms with van der Waals surface area (Å²) in [5.41, 5.74) is 0. The van der Waals surface area contributed by atoms with Gasteiger partial charge in [0.2, 0.25) is 0 Å². The van der Waals surface area contributed by atoms with E-state index in [1.165, 1.54) is 44.9 Å². The first-order chi connectivity index (χ1) is 7.65. The van der Waals surface area contributed by atoms with E-state index >= 15 is 0 Å². The van der Waals surface area contributed by atoms with Gasteiger partial charge in [0, 0.05) is 12.1 Å². The van der Waals surface area contributed by atoms with E-state index in [2.05, 4.69) is 26.1 Å². The lowest BCUT2D eigenvalue weighted by molar-refractivity contribution is 0.219. The molecule has 2 fully saturated rings. The van der Waals surface area contributed by atoms with Gasteiger partial charge in [-0.3, -0.25) is 0 Å². The number of nitrogens with one attached hydrogen (secondary N) is 1. The number of hydrogen-bond acceptors (Lipinski definition) is 1. The Balaban J connectivity index is 1.71. The van der Waals surface area contributed by atoms with E-state index in [-0.39, 0.29) is 0 Å². The monoisotopic (exact) mass is 223 g/mol. The molecule has 2 aliphatic rings. The average Bonchev–Trinajstić information content (AvgIpc) is 3.01. The van der Waals surface area contributed by atoms with Crippen molar-refractivity contribution in [3.05, 3.63) is 0 Å². The minimum absolute atomic E-state index is 0.753. The van der Waals surface area contributed by atoms with Crippen molar-refractivity contribution in [1.29, 1.82) is 0 Å². The fraction of sp³-hybridized carbons (Fsp3) is 1.00. The first kappa shape index (κ1) is 12.4. The van der Waals surface area contributed by atoms with E-state index in [0.717, 1.165) is 29.8 Å². The highest BCUT2D eigenvalue weighted by atomic mass is 14.9. The Morgan fingerprint density at radius 3 is 2.44 bits per heavy atom. The molecule has 16 heavy (non-hydrogen) atoms. The minimum Gasteiger partial charge on any atom is -0.311 e. The molecule has 0 aromatic rings. The van der Waals surface area contributed by atoms with E-state index in [4.69, 9.17) is 0 Å². The van der Waals surface area contributed by atoms with Crippen LogP contribution in [0, 0.1) is 17.8 Å². The fourth-order valence-corrected chi connectivity index (χ4v) is 3.31. The van der Waals surface area contributed by atoms with Crippen molar-refractivity contribution in [3.8, 4) is 0 Å². The van der Waals surface area contributed by atoms with Crippen LogP contribution >= 0.6 is 0 Å². The van der Waals surface area contributed by atoms with Crippen molar-refractivity contribution in [2.45, 2.75) is 77.8 Å². The van der Waals surface area contributed by atoms with Crippen LogP contribution in [0.4, 0.5) is 0 Å². The van der Waals surface area contributed by atoms with Gasteiger partial charge >= 0.3 is 0 Å². The van der Waals surface area contributed by atoms with Gasteiger partial charge in [-0.05, 0) is 43.9 Å². The molecule has 94 valence electrons. The van der Waals surface area contributed by atoms with Crippen LogP contribution in [-0.4, -0.2) is 12.1 Å². The Hall–Kier alpha value is -0.0400. The second-order valence-corrected chi connectivity index (χ2v) is 6.61. The van der Waals surface area contributed by atoms with Gasteiger partial charge in [-0.15, -0.1) is 0 Å². The van der Waals surface area contributed by atoms with E-state index in [1.54, 1.807) is 0 Å². The normalized spacial score (nSPS) is 33.0. The molecule has 3 atom stereocenters. The van der Waals surface area contributed by atoms with Crippen molar-refractivity contribution < 1.29 is 0 Å². The van der Waals surface area contributed by atoms with Gasteiger partial charge in [0.05, 0.1) is 0 Å². The zero-order chi connectivity index (χ0) is 11.5. The summed E-state index contributed by atoms with van der Waals surface area (Å²) in [5, 5.41) is 3.88. The van der Waals surface area contributed by atoms with E-state index in [0.29, 0.717) is 0 Å². The van der Waals surface area contributed by atoms with Crippen LogP contribution in [0.3, 0.4) is 0 Å². The third-order valence-electron chi connectivity index (χ3n) is 4.56. The van der Waals surface area contributed by atoms with Gasteiger partial charge < -0.3 is 5.32 Å². The second kappa shape index (κ2) is 5.53. The Kier molecular flexibility index (Phi) is 4.29. The largest absolute Gasteiger partial charge is 0.311 e. The summed E-state index contributed by atoms with van der Waals surface area (Å²) in [6.45, 7) is 7.17. The molecular formula is C15H29N. The maximum atomic E-state index is 3.88. The van der Waals surface area contributed by atoms with E-state index < -0.39 is 0 Å². The molecule has 0 bridgehead atoms. The Labute approximate surface area is 101 Å². The molecule has 0 heterocycles. The predicted molar refractivity (Wildman–Crippen MR) is 70.5 cm³/mol. The van der Waals surface area contributed by atoms with Crippen LogP contribution in [-0.2, 0) is 0 Å². The maximum absolute atomic E-state index is 3.88. The quantitative estimate of drug-likeness (QED) is 0.743. The molecule has 0 spiro atoms. The van der Waals surface area contributed by atoms with Crippen molar-refractivity contribution in [3.63, 3.8) is 0 Å². The third kappa shape index (κ3) is 3.76. The zero-order valence-corrected chi connectivity index (χ0v) is 11.3. The van der Waals surface area contributed by atoms with Crippen LogP contribution in [0.25, 0.3) is 0 Å². The molecule has 0 aromatic carbocycles. The summed E-state index contributed by atoms with van der Waals surface area (Å²) in [4.78, 5) is 0. The second-order valence-electron chi connectivity index (χ2n) is 6.61. The molecule has 2 saturated carbocycles. The van der Waals surface area contributed by atoms with Gasteiger partial charge in [-0.2, -0.15) is 0 Å². The summed E-state index contributed by atoms with van der Waals surface area (Å²) in [5.74, 6) is 2.91. The SMILES string of the molecule is CC(CC1CC1)NC1CCCC(C(C)C)C1. The molecule has 1 nitrogen and oxygen atoms in total. The van der Waals surface area contributed by atoms with Gasteiger partial charge in [0.25, 0.3) is 0 Å². The maximum Gasteiger partial charge on any atom is 0.00722 e. The Morgan fingerprint density at radius 2 is 1.81 bits per heavy atom. The lowest BCUT2D eigenvalue weighted by Gasteiger charge is -2.34. The van der Waals surface area contributed by atoms with Crippen LogP contribution in [0.15, 0.2) is 0 Å². The standard InChI is InChI=1S/C15H29N/c1-11(2)14-5-4-6-15(10-14)16-12(3)9-13-7-8-13/h11-16H,4-10H2,1-3H3. The van der Waals surface area contributed by atoms with Crippen LogP contribution in [0.1, 0.15) is 65.7 Å². The molecule has 0 saturated heterocycles. The first-order valence-corrected chi connectivity index (χ1v) is 7.41. The minimum atomic E-state index is 0.753. The highest BCUT2D eigenvalue weighted by Crippen LogP contribution is 2.34. The highest BCUT2D eigenvalue weighted by molar-refractivity contribution is 4.84. The molecule has 0 aliphatic heterocycles. The topological polar surface area (TPSA) is 12.0 Å². The summed E-state index contributed by atoms with van der Waals surface area (Å²) in [6, 6.07) is 1.57. The lowest BCUT2D eigenvalue weighted by atomic mass is 9.79. The summed E-state index contributed by atoms with van der Waals surface area (Å²) < 4.78 is 0. The summed E-state index contributed by atoms with van der Waals surface area (Å²) >= 11 is 0. The smallest absolute Gasteiger partial charge is 0.00722 e. The summed E-state index contributed by atoms with van der Waals surface area (Å²) in [7, 11) is 0. The Bertz CT molecular complexity index is 207. The average molecular weight is 223 g/mol. The molecule has 3 unspecified atom stereocenters. The Morgan fingerprint density at radius 1 is 1.06 bits per heavy atom. The molecule has 0 aromatic heterocycles. The van der Waals surface area contributed by atoms with Crippen LogP contribution < -0.4 is 5.32 Å².